The second-order valence-corrected chi connectivity index (χ2v) is 11.0. The molecule has 0 saturated carbocycles. The number of aliphatic hydroxyl groups is 1. The molecule has 0 aliphatic heterocycles. The summed E-state index contributed by atoms with van der Waals surface area (Å²) in [7, 11) is 1.58. The smallest absolute Gasteiger partial charge is 0.280 e. The van der Waals surface area contributed by atoms with Crippen molar-refractivity contribution >= 4 is 29.3 Å². The third-order valence-corrected chi connectivity index (χ3v) is 7.51. The fourth-order valence-corrected chi connectivity index (χ4v) is 4.81. The Labute approximate surface area is 258 Å². The zero-order chi connectivity index (χ0) is 31.2. The van der Waals surface area contributed by atoms with Gasteiger partial charge in [-0.05, 0) is 74.3 Å². The van der Waals surface area contributed by atoms with E-state index in [1.165, 1.54) is 11.1 Å². The van der Waals surface area contributed by atoms with Crippen LogP contribution in [-0.2, 0) is 24.2 Å². The van der Waals surface area contributed by atoms with Crippen LogP contribution in [0.15, 0.2) is 47.5 Å². The number of anilines is 1. The van der Waals surface area contributed by atoms with Gasteiger partial charge in [0.25, 0.3) is 5.91 Å². The number of halogens is 1. The highest BCUT2D eigenvalue weighted by Gasteiger charge is 2.16. The number of guanidine groups is 1. The molecule has 2 aromatic carbocycles. The Morgan fingerprint density at radius 1 is 1.02 bits per heavy atom. The minimum Gasteiger partial charge on any atom is -0.508 e. The first kappa shape index (κ1) is 33.8. The van der Waals surface area contributed by atoms with Crippen molar-refractivity contribution in [1.29, 1.82) is 0 Å². The molecule has 0 aliphatic carbocycles. The lowest BCUT2D eigenvalue weighted by Crippen LogP contribution is -2.38. The molecule has 0 fully saturated rings. The number of hydrogen-bond acceptors (Lipinski definition) is 8. The molecule has 3 rings (SSSR count). The van der Waals surface area contributed by atoms with E-state index in [-0.39, 0.29) is 28.4 Å². The van der Waals surface area contributed by atoms with E-state index in [9.17, 15) is 15.0 Å². The number of aliphatic imine (C=N–C) groups is 1. The molecule has 0 unspecified atom stereocenters. The third kappa shape index (κ3) is 11.1. The highest BCUT2D eigenvalue weighted by atomic mass is 35.5. The van der Waals surface area contributed by atoms with E-state index in [1.54, 1.807) is 26.2 Å². The third-order valence-electron chi connectivity index (χ3n) is 7.16. The molecule has 43 heavy (non-hydrogen) atoms. The Bertz CT molecular complexity index is 1370. The Morgan fingerprint density at radius 2 is 1.67 bits per heavy atom. The van der Waals surface area contributed by atoms with Crippen LogP contribution in [0.1, 0.15) is 89.5 Å². The van der Waals surface area contributed by atoms with Gasteiger partial charge in [-0.1, -0.05) is 61.2 Å². The number of aryl methyl sites for hydroxylation is 3. The molecule has 7 N–H and O–H groups in total. The number of ether oxygens (including phenoxy) is 1. The molecule has 3 aromatic rings. The number of unbranched alkanes of at least 4 members (excludes halogenated alkanes) is 4. The van der Waals surface area contributed by atoms with Crippen LogP contribution in [0, 0.1) is 6.92 Å². The van der Waals surface area contributed by atoms with Gasteiger partial charge < -0.3 is 26.4 Å². The van der Waals surface area contributed by atoms with Crippen molar-refractivity contribution in [2.24, 2.45) is 10.7 Å². The molecule has 1 aromatic heterocycles. The van der Waals surface area contributed by atoms with Crippen LogP contribution in [0.4, 0.5) is 5.82 Å². The fraction of sp³-hybridized carbons (Fsp3) is 0.438. The number of methoxy groups -OCH3 is 1. The molecule has 0 saturated heterocycles. The van der Waals surface area contributed by atoms with Crippen molar-refractivity contribution in [2.75, 3.05) is 19.4 Å². The maximum absolute atomic E-state index is 12.3. The number of phenols is 1. The van der Waals surface area contributed by atoms with Gasteiger partial charge in [0.1, 0.15) is 5.75 Å². The molecule has 0 aliphatic rings. The van der Waals surface area contributed by atoms with Crippen molar-refractivity contribution in [3.63, 3.8) is 0 Å². The number of nitrogens with zero attached hydrogens (tertiary/aromatic N) is 3. The summed E-state index contributed by atoms with van der Waals surface area (Å²) in [6.45, 7) is 2.46. The number of hydrogen-bond donors (Lipinski definition) is 5. The van der Waals surface area contributed by atoms with E-state index < -0.39 is 12.0 Å². The van der Waals surface area contributed by atoms with Crippen LogP contribution >= 0.6 is 11.6 Å². The Kier molecular flexibility index (Phi) is 13.7. The Hall–Kier alpha value is -3.73. The summed E-state index contributed by atoms with van der Waals surface area (Å²) in [4.78, 5) is 24.5. The number of nitrogen functional groups attached to an aromatic ring is 1. The van der Waals surface area contributed by atoms with Gasteiger partial charge in [0.05, 0.1) is 18.4 Å². The molecule has 1 amide bonds. The molecule has 0 radical (unpaired) electrons. The van der Waals surface area contributed by atoms with Crippen molar-refractivity contribution in [3.8, 4) is 5.75 Å². The van der Waals surface area contributed by atoms with Crippen molar-refractivity contribution < 1.29 is 19.7 Å². The number of rotatable bonds is 16. The van der Waals surface area contributed by atoms with Crippen molar-refractivity contribution in [1.82, 2.24) is 15.3 Å². The number of nitrogens with one attached hydrogen (secondary N) is 1. The van der Waals surface area contributed by atoms with E-state index in [1.807, 2.05) is 6.07 Å². The minimum atomic E-state index is -0.602. The molecule has 1 heterocycles. The molecular formula is C32H43ClN6O4. The second kappa shape index (κ2) is 17.4. The monoisotopic (exact) mass is 610 g/mol. The maximum atomic E-state index is 12.3. The van der Waals surface area contributed by atoms with E-state index in [4.69, 9.17) is 27.8 Å². The summed E-state index contributed by atoms with van der Waals surface area (Å²) in [6.07, 6.45) is 8.15. The first-order valence-electron chi connectivity index (χ1n) is 14.7. The van der Waals surface area contributed by atoms with Crippen molar-refractivity contribution in [3.05, 3.63) is 81.3 Å². The number of benzene rings is 2. The number of aliphatic hydroxyl groups excluding tert-OH is 1. The standard InChI is InChI=1S/C32H43ClN6O4/c1-21-29(33)38-28(30(34)37-21)31(42)39-32(35)36-18-8-7-10-23-14-12-22(13-15-23)9-5-3-4-6-11-26(40)24-16-17-27(41)25(19-24)20-43-2/h12-17,19,26,40-41H,3-11,18,20H2,1-2H3,(H2,34,37)(H3,35,36,39,42)/t26-/m0/s1. The van der Waals surface area contributed by atoms with Gasteiger partial charge in [-0.25, -0.2) is 9.97 Å². The zero-order valence-electron chi connectivity index (χ0n) is 25.0. The number of phenolic OH excluding ortho intramolecular Hbond substituents is 1. The lowest BCUT2D eigenvalue weighted by atomic mass is 9.99. The molecule has 11 heteroatoms. The number of carbonyl (C=O) groups excluding carboxylic acids is 1. The van der Waals surface area contributed by atoms with Crippen LogP contribution in [0.2, 0.25) is 5.15 Å². The highest BCUT2D eigenvalue weighted by molar-refractivity contribution is 6.30. The van der Waals surface area contributed by atoms with Gasteiger partial charge in [0, 0.05) is 19.2 Å². The van der Waals surface area contributed by atoms with Crippen LogP contribution in [-0.4, -0.2) is 45.7 Å². The Morgan fingerprint density at radius 3 is 2.35 bits per heavy atom. The summed E-state index contributed by atoms with van der Waals surface area (Å²) < 4.78 is 5.10. The summed E-state index contributed by atoms with van der Waals surface area (Å²) in [5, 5.41) is 23.0. The van der Waals surface area contributed by atoms with Gasteiger partial charge in [-0.15, -0.1) is 0 Å². The van der Waals surface area contributed by atoms with Crippen LogP contribution in [0.5, 0.6) is 5.75 Å². The van der Waals surface area contributed by atoms with Gasteiger partial charge >= 0.3 is 0 Å². The molecule has 0 spiro atoms. The first-order valence-corrected chi connectivity index (χ1v) is 15.0. The van der Waals surface area contributed by atoms with E-state index in [0.717, 1.165) is 56.9 Å². The number of carbonyl (C=O) groups is 1. The van der Waals surface area contributed by atoms with Gasteiger partial charge in [0.2, 0.25) is 0 Å². The largest absolute Gasteiger partial charge is 0.508 e. The average molecular weight is 611 g/mol. The molecular weight excluding hydrogens is 568 g/mol. The van der Waals surface area contributed by atoms with Crippen LogP contribution in [0.25, 0.3) is 0 Å². The quantitative estimate of drug-likeness (QED) is 0.0840. The normalized spacial score (nSPS) is 12.3. The van der Waals surface area contributed by atoms with Crippen LogP contribution < -0.4 is 16.8 Å². The summed E-state index contributed by atoms with van der Waals surface area (Å²) >= 11 is 5.94. The topological polar surface area (TPSA) is 169 Å². The molecule has 0 bridgehead atoms. The maximum Gasteiger partial charge on any atom is 0.280 e. The number of aromatic nitrogens is 2. The minimum absolute atomic E-state index is 0.00249. The molecule has 232 valence electrons. The molecule has 10 nitrogen and oxygen atoms in total. The summed E-state index contributed by atoms with van der Waals surface area (Å²) in [5.74, 6) is -0.434. The Balaban J connectivity index is 1.28. The van der Waals surface area contributed by atoms with Gasteiger partial charge in [0.15, 0.2) is 22.6 Å². The zero-order valence-corrected chi connectivity index (χ0v) is 25.7. The van der Waals surface area contributed by atoms with Gasteiger partial charge in [-0.3, -0.25) is 15.1 Å². The predicted molar refractivity (Wildman–Crippen MR) is 170 cm³/mol. The van der Waals surface area contributed by atoms with Crippen molar-refractivity contribution in [2.45, 2.75) is 77.4 Å². The fourth-order valence-electron chi connectivity index (χ4n) is 4.68. The summed E-state index contributed by atoms with van der Waals surface area (Å²) in [5.41, 5.74) is 16.1. The first-order chi connectivity index (χ1) is 20.7. The van der Waals surface area contributed by atoms with Crippen LogP contribution in [0.3, 0.4) is 0 Å². The SMILES string of the molecule is COCc1cc([C@@H](O)CCCCCCc2ccc(CCCCN=C(N)NC(=O)c3nc(Cl)c(C)nc3N)cc2)ccc1O. The average Bonchev–Trinajstić information content (AvgIpc) is 2.98. The van der Waals surface area contributed by atoms with E-state index in [2.05, 4.69) is 44.5 Å². The van der Waals surface area contributed by atoms with Gasteiger partial charge in [-0.2, -0.15) is 0 Å². The number of amides is 1. The second-order valence-electron chi connectivity index (χ2n) is 10.6. The lowest BCUT2D eigenvalue weighted by Gasteiger charge is -2.13. The van der Waals surface area contributed by atoms with E-state index in [0.29, 0.717) is 30.8 Å². The lowest BCUT2D eigenvalue weighted by molar-refractivity contribution is 0.0972. The number of nitrogens with two attached hydrogens (primary N) is 2. The summed E-state index contributed by atoms with van der Waals surface area (Å²) in [6, 6.07) is 13.9. The molecule has 1 atom stereocenters. The number of aromatic hydroxyl groups is 1. The highest BCUT2D eigenvalue weighted by Crippen LogP contribution is 2.26. The van der Waals surface area contributed by atoms with E-state index >= 15 is 0 Å². The predicted octanol–water partition coefficient (Wildman–Crippen LogP) is 5.17.